The molecule has 1 fully saturated rings. The molecule has 22 heavy (non-hydrogen) atoms. The smallest absolute Gasteiger partial charge is 0.295 e. The number of benzene rings is 2. The van der Waals surface area contributed by atoms with Crippen molar-refractivity contribution >= 4 is 34.3 Å². The molecule has 1 heterocycles. The molecule has 0 aliphatic carbocycles. The lowest BCUT2D eigenvalue weighted by Gasteiger charge is -2.15. The van der Waals surface area contributed by atoms with Crippen molar-refractivity contribution in [1.29, 1.82) is 0 Å². The third-order valence-electron chi connectivity index (χ3n) is 3.26. The van der Waals surface area contributed by atoms with Crippen LogP contribution in [0.3, 0.4) is 0 Å². The van der Waals surface area contributed by atoms with Crippen LogP contribution in [0.4, 0.5) is 20.6 Å². The second kappa shape index (κ2) is 5.81. The number of anilines is 2. The number of halogens is 1. The van der Waals surface area contributed by atoms with Gasteiger partial charge in [0, 0.05) is 5.69 Å². The highest BCUT2D eigenvalue weighted by Crippen LogP contribution is 2.32. The number of carbonyl (C=O) groups excluding carboxylic acids is 2. The highest BCUT2D eigenvalue weighted by Gasteiger charge is 2.40. The summed E-state index contributed by atoms with van der Waals surface area (Å²) in [5.41, 5.74) is 2.05. The van der Waals surface area contributed by atoms with Crippen LogP contribution in [-0.4, -0.2) is 16.5 Å². The predicted octanol–water partition coefficient (Wildman–Crippen LogP) is 3.77. The van der Waals surface area contributed by atoms with Gasteiger partial charge in [-0.15, -0.1) is 0 Å². The van der Waals surface area contributed by atoms with Crippen molar-refractivity contribution < 1.29 is 14.0 Å². The first-order valence-corrected chi connectivity index (χ1v) is 7.56. The number of aryl methyl sites for hydroxylation is 1. The molecule has 1 saturated heterocycles. The normalized spacial score (nSPS) is 17.9. The lowest BCUT2D eigenvalue weighted by atomic mass is 10.2. The molecule has 0 spiro atoms. The topological polar surface area (TPSA) is 49.4 Å². The Hall–Kier alpha value is -2.34. The van der Waals surface area contributed by atoms with E-state index in [4.69, 9.17) is 0 Å². The molecule has 4 nitrogen and oxygen atoms in total. The Morgan fingerprint density at radius 1 is 1.14 bits per heavy atom. The Morgan fingerprint density at radius 2 is 1.86 bits per heavy atom. The van der Waals surface area contributed by atoms with Crippen molar-refractivity contribution in [3.63, 3.8) is 0 Å². The molecule has 0 unspecified atom stereocenters. The Balaban J connectivity index is 1.81. The van der Waals surface area contributed by atoms with Crippen molar-refractivity contribution in [2.45, 2.75) is 12.3 Å². The van der Waals surface area contributed by atoms with E-state index in [1.165, 1.54) is 12.1 Å². The van der Waals surface area contributed by atoms with E-state index in [2.05, 4.69) is 5.32 Å². The van der Waals surface area contributed by atoms with E-state index in [1.54, 1.807) is 24.3 Å². The van der Waals surface area contributed by atoms with Gasteiger partial charge < -0.3 is 5.32 Å². The van der Waals surface area contributed by atoms with Crippen molar-refractivity contribution in [1.82, 2.24) is 0 Å². The first kappa shape index (κ1) is 14.6. The van der Waals surface area contributed by atoms with Crippen LogP contribution in [0, 0.1) is 12.7 Å². The highest BCUT2D eigenvalue weighted by atomic mass is 32.2. The molecule has 1 aliphatic heterocycles. The summed E-state index contributed by atoms with van der Waals surface area (Å²) in [6, 6.07) is 12.9. The summed E-state index contributed by atoms with van der Waals surface area (Å²) in [5, 5.41) is 1.79. The van der Waals surface area contributed by atoms with Crippen LogP contribution in [-0.2, 0) is 4.79 Å². The average molecular weight is 316 g/mol. The zero-order valence-corrected chi connectivity index (χ0v) is 12.6. The van der Waals surface area contributed by atoms with Crippen molar-refractivity contribution in [3.05, 3.63) is 59.9 Å². The first-order valence-electron chi connectivity index (χ1n) is 6.68. The third kappa shape index (κ3) is 2.82. The second-order valence-electron chi connectivity index (χ2n) is 4.93. The van der Waals surface area contributed by atoms with Crippen LogP contribution in [0.5, 0.6) is 0 Å². The summed E-state index contributed by atoms with van der Waals surface area (Å²) in [5.74, 6) is -0.759. The third-order valence-corrected chi connectivity index (χ3v) is 4.20. The maximum atomic E-state index is 13.2. The van der Waals surface area contributed by atoms with E-state index in [9.17, 15) is 14.0 Å². The number of hydrogen-bond donors (Lipinski definition) is 1. The van der Waals surface area contributed by atoms with Crippen molar-refractivity contribution in [3.8, 4) is 0 Å². The summed E-state index contributed by atoms with van der Waals surface area (Å²) in [6.45, 7) is 1.93. The molecule has 1 atom stereocenters. The lowest BCUT2D eigenvalue weighted by molar-refractivity contribution is -0.116. The van der Waals surface area contributed by atoms with E-state index in [-0.39, 0.29) is 11.1 Å². The second-order valence-corrected chi connectivity index (χ2v) is 5.98. The number of hydrogen-bond acceptors (Lipinski definition) is 4. The van der Waals surface area contributed by atoms with E-state index in [1.807, 2.05) is 19.1 Å². The summed E-state index contributed by atoms with van der Waals surface area (Å²) >= 11 is 0.885. The Bertz CT molecular complexity index is 733. The van der Waals surface area contributed by atoms with Crippen LogP contribution in [0.25, 0.3) is 0 Å². The maximum absolute atomic E-state index is 13.2. The van der Waals surface area contributed by atoms with Gasteiger partial charge in [0.05, 0.1) is 5.69 Å². The molecule has 0 bridgehead atoms. The van der Waals surface area contributed by atoms with Gasteiger partial charge >= 0.3 is 0 Å². The molecule has 1 N–H and O–H groups in total. The van der Waals surface area contributed by atoms with Gasteiger partial charge in [-0.05, 0) is 49.0 Å². The number of imide groups is 1. The molecule has 1 aliphatic rings. The largest absolute Gasteiger partial charge is 0.365 e. The van der Waals surface area contributed by atoms with E-state index < -0.39 is 11.2 Å². The van der Waals surface area contributed by atoms with Crippen LogP contribution in [0.1, 0.15) is 5.56 Å². The van der Waals surface area contributed by atoms with Gasteiger partial charge in [0.1, 0.15) is 5.82 Å². The Morgan fingerprint density at radius 3 is 2.55 bits per heavy atom. The van der Waals surface area contributed by atoms with Crippen molar-refractivity contribution in [2.75, 3.05) is 10.2 Å². The molecule has 0 saturated carbocycles. The minimum atomic E-state index is -0.754. The van der Waals surface area contributed by atoms with Crippen LogP contribution < -0.4 is 10.2 Å². The molecule has 3 rings (SSSR count). The zero-order chi connectivity index (χ0) is 15.7. The monoisotopic (exact) mass is 316 g/mol. The van der Waals surface area contributed by atoms with Crippen molar-refractivity contribution in [2.24, 2.45) is 0 Å². The summed E-state index contributed by atoms with van der Waals surface area (Å²) in [4.78, 5) is 25.7. The summed E-state index contributed by atoms with van der Waals surface area (Å²) in [6.07, 6.45) is 0. The molecular weight excluding hydrogens is 303 g/mol. The quantitative estimate of drug-likeness (QED) is 0.936. The predicted molar refractivity (Wildman–Crippen MR) is 85.5 cm³/mol. The lowest BCUT2D eigenvalue weighted by Crippen LogP contribution is -2.34. The molecule has 0 radical (unpaired) electrons. The molecule has 0 aromatic heterocycles. The molecule has 2 aromatic rings. The minimum absolute atomic E-state index is 0.345. The van der Waals surface area contributed by atoms with Gasteiger partial charge in [-0.25, -0.2) is 9.29 Å². The summed E-state index contributed by atoms with van der Waals surface area (Å²) in [7, 11) is 0. The molecular formula is C16H13FN2O2S. The number of thioether (sulfide) groups is 1. The van der Waals surface area contributed by atoms with E-state index in [0.29, 0.717) is 11.4 Å². The first-order chi connectivity index (χ1) is 10.5. The number of carbonyl (C=O) groups is 2. The molecule has 6 heteroatoms. The van der Waals surface area contributed by atoms with Gasteiger partial charge in [-0.2, -0.15) is 0 Å². The zero-order valence-electron chi connectivity index (χ0n) is 11.7. The van der Waals surface area contributed by atoms with Gasteiger partial charge in [-0.3, -0.25) is 9.59 Å². The van der Waals surface area contributed by atoms with Crippen LogP contribution in [0.15, 0.2) is 48.5 Å². The van der Waals surface area contributed by atoms with Gasteiger partial charge in [-0.1, -0.05) is 23.8 Å². The van der Waals surface area contributed by atoms with Gasteiger partial charge in [0.15, 0.2) is 5.37 Å². The number of nitrogens with one attached hydrogen (secondary N) is 1. The van der Waals surface area contributed by atoms with E-state index in [0.717, 1.165) is 22.2 Å². The fourth-order valence-corrected chi connectivity index (χ4v) is 3.06. The fraction of sp³-hybridized carbons (Fsp3) is 0.125. The van der Waals surface area contributed by atoms with Crippen LogP contribution >= 0.6 is 11.8 Å². The number of nitrogens with zero attached hydrogens (tertiary/aromatic N) is 1. The number of rotatable bonds is 3. The molecule has 2 amide bonds. The van der Waals surface area contributed by atoms with Gasteiger partial charge in [0.25, 0.3) is 11.1 Å². The standard InChI is InChI=1S/C16H13FN2O2S/c1-10-5-7-13(8-6-10)19-15(20)14(22-16(19)21)18-12-4-2-3-11(17)9-12/h2-9,14,18H,1H3/t14-/m0/s1. The fourth-order valence-electron chi connectivity index (χ4n) is 2.16. The molecule has 112 valence electrons. The maximum Gasteiger partial charge on any atom is 0.295 e. The highest BCUT2D eigenvalue weighted by molar-refractivity contribution is 8.16. The van der Waals surface area contributed by atoms with E-state index >= 15 is 0 Å². The average Bonchev–Trinajstić information content (AvgIpc) is 2.75. The van der Waals surface area contributed by atoms with Crippen LogP contribution in [0.2, 0.25) is 0 Å². The minimum Gasteiger partial charge on any atom is -0.365 e. The Kier molecular flexibility index (Phi) is 3.85. The number of amides is 2. The van der Waals surface area contributed by atoms with Gasteiger partial charge in [0.2, 0.25) is 0 Å². The SMILES string of the molecule is Cc1ccc(N2C(=O)S[C@H](Nc3cccc(F)c3)C2=O)cc1. The Labute approximate surface area is 131 Å². The summed E-state index contributed by atoms with van der Waals surface area (Å²) < 4.78 is 13.2. The molecule has 2 aromatic carbocycles.